The minimum atomic E-state index is -2.42. The molecule has 3 unspecified atom stereocenters. The number of alkyl halides is 2. The number of aliphatic imine (C=N–C) groups is 1. The normalized spacial score (nSPS) is 21.7. The lowest BCUT2D eigenvalue weighted by molar-refractivity contribution is -0.121. The highest BCUT2D eigenvalue weighted by atomic mass is 35.5. The molecule has 0 radical (unpaired) electrons. The minimum absolute atomic E-state index is 0.000779. The Morgan fingerprint density at radius 3 is 2.38 bits per heavy atom. The molecule has 1 saturated carbocycles. The van der Waals surface area contributed by atoms with Gasteiger partial charge in [0.1, 0.15) is 11.7 Å². The maximum Gasteiger partial charge on any atom is 0.242 e. The Kier molecular flexibility index (Phi) is 18.6. The summed E-state index contributed by atoms with van der Waals surface area (Å²) in [5.41, 5.74) is 1.95. The van der Waals surface area contributed by atoms with Crippen molar-refractivity contribution >= 4 is 40.8 Å². The van der Waals surface area contributed by atoms with Crippen LogP contribution in [0.5, 0.6) is 0 Å². The number of hydrogen-bond acceptors (Lipinski definition) is 5. The number of nitrogens with zero attached hydrogens (tertiary/aromatic N) is 2. The second kappa shape index (κ2) is 21.5. The van der Waals surface area contributed by atoms with Crippen LogP contribution in [0, 0.1) is 29.0 Å². The zero-order valence-corrected chi connectivity index (χ0v) is 30.4. The summed E-state index contributed by atoms with van der Waals surface area (Å²) in [6.07, 6.45) is 9.94. The molecule has 10 heteroatoms. The van der Waals surface area contributed by atoms with Crippen molar-refractivity contribution in [3.63, 3.8) is 0 Å². The van der Waals surface area contributed by atoms with Crippen molar-refractivity contribution in [3.05, 3.63) is 70.0 Å². The van der Waals surface area contributed by atoms with Gasteiger partial charge in [-0.15, -0.1) is 11.8 Å². The van der Waals surface area contributed by atoms with Gasteiger partial charge in [-0.05, 0) is 67.2 Å². The lowest BCUT2D eigenvalue weighted by Crippen LogP contribution is -2.43. The predicted molar refractivity (Wildman–Crippen MR) is 194 cm³/mol. The zero-order chi connectivity index (χ0) is 34.9. The van der Waals surface area contributed by atoms with Crippen LogP contribution in [0.15, 0.2) is 64.2 Å². The summed E-state index contributed by atoms with van der Waals surface area (Å²) in [6, 6.07) is 5.76. The first kappa shape index (κ1) is 40.7. The Hall–Kier alpha value is -2.52. The Bertz CT molecular complexity index is 1240. The van der Waals surface area contributed by atoms with Crippen LogP contribution in [0.1, 0.15) is 92.9 Å². The molecule has 3 atom stereocenters. The first-order chi connectivity index (χ1) is 22.5. The highest BCUT2D eigenvalue weighted by molar-refractivity contribution is 8.03. The van der Waals surface area contributed by atoms with E-state index in [1.807, 2.05) is 19.9 Å². The number of amides is 1. The highest BCUT2D eigenvalue weighted by Gasteiger charge is 2.39. The van der Waals surface area contributed by atoms with Crippen molar-refractivity contribution in [1.82, 2.24) is 10.2 Å². The highest BCUT2D eigenvalue weighted by Crippen LogP contribution is 2.38. The molecule has 1 aromatic carbocycles. The van der Waals surface area contributed by atoms with Crippen LogP contribution in [0.25, 0.3) is 0 Å². The summed E-state index contributed by atoms with van der Waals surface area (Å²) in [6.45, 7) is 13.8. The minimum Gasteiger partial charge on any atom is -0.351 e. The molecule has 47 heavy (non-hydrogen) atoms. The van der Waals surface area contributed by atoms with Crippen LogP contribution >= 0.6 is 23.4 Å². The van der Waals surface area contributed by atoms with E-state index in [2.05, 4.69) is 43.3 Å². The molecule has 5 nitrogen and oxygen atoms in total. The average Bonchev–Trinajstić information content (AvgIpc) is 3.44. The van der Waals surface area contributed by atoms with Gasteiger partial charge in [-0.1, -0.05) is 83.7 Å². The van der Waals surface area contributed by atoms with Gasteiger partial charge >= 0.3 is 0 Å². The molecule has 262 valence electrons. The van der Waals surface area contributed by atoms with E-state index < -0.39 is 6.43 Å². The number of fused-ring (bicyclic) bond motifs is 1. The molecular weight excluding hydrogens is 641 g/mol. The predicted octanol–water partition coefficient (Wildman–Crippen LogP) is 10.5. The number of nitrogens with one attached hydrogen (secondary N) is 2. The van der Waals surface area contributed by atoms with E-state index in [4.69, 9.17) is 22.0 Å². The third-order valence-corrected chi connectivity index (χ3v) is 10.5. The summed E-state index contributed by atoms with van der Waals surface area (Å²) in [5, 5.41) is 14.2. The number of amidine groups is 1. The van der Waals surface area contributed by atoms with Crippen LogP contribution in [0.4, 0.5) is 13.2 Å². The van der Waals surface area contributed by atoms with Crippen LogP contribution in [0.2, 0.25) is 5.02 Å². The van der Waals surface area contributed by atoms with Gasteiger partial charge in [-0.2, -0.15) is 0 Å². The van der Waals surface area contributed by atoms with E-state index in [-0.39, 0.29) is 35.1 Å². The van der Waals surface area contributed by atoms with Gasteiger partial charge in [-0.3, -0.25) is 9.79 Å². The van der Waals surface area contributed by atoms with Crippen LogP contribution in [-0.2, 0) is 4.79 Å². The number of thioether (sulfide) groups is 1. The molecule has 1 saturated heterocycles. The van der Waals surface area contributed by atoms with Gasteiger partial charge in [0.2, 0.25) is 12.3 Å². The average molecular weight is 695 g/mol. The molecule has 2 heterocycles. The van der Waals surface area contributed by atoms with Crippen LogP contribution in [0.3, 0.4) is 0 Å². The van der Waals surface area contributed by atoms with E-state index in [1.54, 1.807) is 23.9 Å². The third-order valence-electron chi connectivity index (χ3n) is 8.85. The van der Waals surface area contributed by atoms with Crippen molar-refractivity contribution in [2.45, 2.75) is 111 Å². The smallest absolute Gasteiger partial charge is 0.242 e. The second-order valence-corrected chi connectivity index (χ2v) is 13.8. The maximum atomic E-state index is 12.5. The van der Waals surface area contributed by atoms with E-state index in [1.165, 1.54) is 50.0 Å². The molecule has 2 fully saturated rings. The summed E-state index contributed by atoms with van der Waals surface area (Å²) in [7, 11) is 0. The topological polar surface area (TPSA) is 68.5 Å². The second-order valence-electron chi connectivity index (χ2n) is 12.3. The molecule has 0 bridgehead atoms. The number of allylic oxidation sites excluding steroid dienone is 3. The number of hydrogen-bond donors (Lipinski definition) is 2. The van der Waals surface area contributed by atoms with E-state index in [0.717, 1.165) is 35.4 Å². The Balaban J connectivity index is 0.000000386. The Labute approximate surface area is 290 Å². The zero-order valence-electron chi connectivity index (χ0n) is 28.9. The molecule has 0 aromatic heterocycles. The molecule has 2 N–H and O–H groups in total. The third kappa shape index (κ3) is 13.5. The van der Waals surface area contributed by atoms with Crippen molar-refractivity contribution in [2.24, 2.45) is 22.7 Å². The summed E-state index contributed by atoms with van der Waals surface area (Å²) in [5.74, 6) is 3.28. The Morgan fingerprint density at radius 2 is 1.87 bits per heavy atom. The first-order valence-electron chi connectivity index (χ1n) is 17.0. The van der Waals surface area contributed by atoms with Crippen molar-refractivity contribution in [3.8, 4) is 0 Å². The van der Waals surface area contributed by atoms with Crippen molar-refractivity contribution < 1.29 is 18.0 Å². The van der Waals surface area contributed by atoms with Crippen molar-refractivity contribution in [2.75, 3.05) is 13.1 Å². The molecule has 1 aromatic rings. The largest absolute Gasteiger partial charge is 0.351 e. The summed E-state index contributed by atoms with van der Waals surface area (Å²) < 4.78 is 37.1. The van der Waals surface area contributed by atoms with Gasteiger partial charge in [0, 0.05) is 42.1 Å². The van der Waals surface area contributed by atoms with Crippen LogP contribution in [-0.4, -0.2) is 53.2 Å². The fourth-order valence-electron chi connectivity index (χ4n) is 5.72. The van der Waals surface area contributed by atoms with Gasteiger partial charge in [-0.25, -0.2) is 13.2 Å². The molecule has 0 spiro atoms. The summed E-state index contributed by atoms with van der Waals surface area (Å²) in [4.78, 5) is 19.0. The SMILES string of the molecule is C/C=C\SC(C1=NCC(C(=N)/C=C\CC(F)F)=C2CC(NC(=O)CC)CN12)C(C)CC.CCC1CC(CC)C1.Fc1cccc(Cl)c1. The number of benzene rings is 1. The molecule has 4 rings (SSSR count). The number of carbonyl (C=O) groups excluding carboxylic acids is 1. The number of rotatable bonds is 13. The number of halogens is 4. The van der Waals surface area contributed by atoms with Gasteiger partial charge in [0.25, 0.3) is 0 Å². The number of carbonyl (C=O) groups is 1. The quantitative estimate of drug-likeness (QED) is 0.202. The van der Waals surface area contributed by atoms with Gasteiger partial charge < -0.3 is 15.6 Å². The summed E-state index contributed by atoms with van der Waals surface area (Å²) >= 11 is 7.15. The molecule has 1 amide bonds. The standard InChI is InChI=1S/C23H34F2N4OS.C8H16.C6H4ClF/c1-5-11-31-22(15(4)6-2)23-27-13-17(18(26)9-8-10-20(24)25)19-12-16(14-29(19)23)28-21(30)7-3;1-3-7-5-8(4-2)6-7;7-5-2-1-3-6(8)4-5/h5,8-9,11,15-16,20,22,26H,6-7,10,12-14H2,1-4H3,(H,28,30);7-8H,3-6H2,1-2H3;1-4H/b9-8-,11-5-,26-18?;;. The lowest BCUT2D eigenvalue weighted by atomic mass is 9.72. The van der Waals surface area contributed by atoms with Crippen LogP contribution < -0.4 is 5.32 Å². The van der Waals surface area contributed by atoms with E-state index in [9.17, 15) is 18.0 Å². The monoisotopic (exact) mass is 694 g/mol. The molecule has 2 aliphatic heterocycles. The van der Waals surface area contributed by atoms with Crippen molar-refractivity contribution in [1.29, 1.82) is 5.41 Å². The fourth-order valence-corrected chi connectivity index (χ4v) is 7.01. The molecule has 1 aliphatic carbocycles. The Morgan fingerprint density at radius 1 is 1.19 bits per heavy atom. The first-order valence-corrected chi connectivity index (χ1v) is 18.3. The van der Waals surface area contributed by atoms with Gasteiger partial charge in [0.05, 0.1) is 23.5 Å². The van der Waals surface area contributed by atoms with E-state index >= 15 is 0 Å². The maximum absolute atomic E-state index is 12.5. The molecular formula is C37H54ClF3N4OS. The molecule has 3 aliphatic rings. The van der Waals surface area contributed by atoms with E-state index in [0.29, 0.717) is 36.9 Å². The van der Waals surface area contributed by atoms with Gasteiger partial charge in [0.15, 0.2) is 0 Å². The fraction of sp³-hybridized carbons (Fsp3) is 0.595. The lowest BCUT2D eigenvalue weighted by Gasteiger charge is -2.34.